The molecule has 0 spiro atoms. The van der Waals surface area contributed by atoms with Crippen LogP contribution in [0, 0.1) is 12.8 Å². The molecule has 42 heavy (non-hydrogen) atoms. The quantitative estimate of drug-likeness (QED) is 0.225. The van der Waals surface area contributed by atoms with E-state index in [1.54, 1.807) is 16.5 Å². The number of pyridine rings is 1. The van der Waals surface area contributed by atoms with Crippen molar-refractivity contribution in [3.8, 4) is 11.3 Å². The first kappa shape index (κ1) is 36.7. The summed E-state index contributed by atoms with van der Waals surface area (Å²) in [5, 5.41) is 7.31. The van der Waals surface area contributed by atoms with E-state index in [1.165, 1.54) is 6.92 Å². The van der Waals surface area contributed by atoms with Crippen molar-refractivity contribution >= 4 is 28.7 Å². The van der Waals surface area contributed by atoms with E-state index in [9.17, 15) is 17.6 Å². The first-order valence-corrected chi connectivity index (χ1v) is 14.4. The number of halogens is 4. The minimum Gasteiger partial charge on any atom is -0.371 e. The minimum absolute atomic E-state index is 0.0625. The van der Waals surface area contributed by atoms with E-state index in [0.29, 0.717) is 18.2 Å². The number of piperidine rings is 1. The minimum atomic E-state index is -2.42. The number of nitrogens with one attached hydrogen (secondary N) is 1. The highest BCUT2D eigenvalue weighted by Gasteiger charge is 2.33. The lowest BCUT2D eigenvalue weighted by Crippen LogP contribution is -2.39. The van der Waals surface area contributed by atoms with Crippen LogP contribution in [0.25, 0.3) is 16.8 Å². The number of hydrogen-bond donors (Lipinski definition) is 2. The van der Waals surface area contributed by atoms with Gasteiger partial charge >= 0.3 is 0 Å². The van der Waals surface area contributed by atoms with Gasteiger partial charge in [-0.2, -0.15) is 4.98 Å². The van der Waals surface area contributed by atoms with Gasteiger partial charge in [-0.05, 0) is 71.3 Å². The molecule has 0 amide bonds. The molecular formula is C30H48F4N8. The highest BCUT2D eigenvalue weighted by atomic mass is 19.3. The average Bonchev–Trinajstić information content (AvgIpc) is 3.38. The first-order chi connectivity index (χ1) is 19.8. The van der Waals surface area contributed by atoms with Crippen LogP contribution in [0.4, 0.5) is 35.0 Å². The number of fused-ring (bicyclic) bond motifs is 1. The summed E-state index contributed by atoms with van der Waals surface area (Å²) in [6.45, 7) is 13.5. The number of alkyl halides is 4. The zero-order chi connectivity index (χ0) is 32.0. The molecule has 0 radical (unpaired) electrons. The van der Waals surface area contributed by atoms with Crippen molar-refractivity contribution in [2.45, 2.75) is 79.8 Å². The SMILES string of the molecule is CC.CC(F)CF.CCC(C)C(C)=Nc1ccc(-c2ccn3nc(N)nc(NC)c23)nc1C.CN1CCCC(F)(F)C1. The van der Waals surface area contributed by atoms with Gasteiger partial charge in [-0.1, -0.05) is 27.7 Å². The summed E-state index contributed by atoms with van der Waals surface area (Å²) in [6.07, 6.45) is 2.35. The summed E-state index contributed by atoms with van der Waals surface area (Å²) in [5.41, 5.74) is 11.3. The van der Waals surface area contributed by atoms with Crippen LogP contribution >= 0.6 is 0 Å². The molecule has 3 N–H and O–H groups in total. The van der Waals surface area contributed by atoms with Gasteiger partial charge in [0, 0.05) is 30.9 Å². The number of nitrogen functional groups attached to an aromatic ring is 1. The highest BCUT2D eigenvalue weighted by Crippen LogP contribution is 2.31. The number of aliphatic imine (C=N–C) groups is 1. The van der Waals surface area contributed by atoms with Gasteiger partial charge in [0.15, 0.2) is 5.82 Å². The summed E-state index contributed by atoms with van der Waals surface area (Å²) in [7, 11) is 3.54. The summed E-state index contributed by atoms with van der Waals surface area (Å²) >= 11 is 0. The van der Waals surface area contributed by atoms with Crippen LogP contribution in [0.3, 0.4) is 0 Å². The van der Waals surface area contributed by atoms with E-state index >= 15 is 0 Å². The molecule has 1 aliphatic rings. The molecule has 0 aliphatic carbocycles. The van der Waals surface area contributed by atoms with Crippen molar-refractivity contribution in [1.82, 2.24) is 24.5 Å². The van der Waals surface area contributed by atoms with E-state index in [2.05, 4.69) is 36.2 Å². The molecule has 4 rings (SSSR count). The molecule has 1 saturated heterocycles. The average molecular weight is 597 g/mol. The Morgan fingerprint density at radius 3 is 2.31 bits per heavy atom. The number of likely N-dealkylation sites (tertiary alicyclic amines) is 1. The van der Waals surface area contributed by atoms with Crippen LogP contribution in [0.15, 0.2) is 29.4 Å². The zero-order valence-electron chi connectivity index (χ0n) is 26.5. The summed E-state index contributed by atoms with van der Waals surface area (Å²) in [6, 6.07) is 5.98. The van der Waals surface area contributed by atoms with E-state index in [-0.39, 0.29) is 18.9 Å². The molecule has 0 bridgehead atoms. The Bertz CT molecular complexity index is 1260. The number of nitrogens with two attached hydrogens (primary N) is 1. The Morgan fingerprint density at radius 2 is 1.83 bits per heavy atom. The topological polar surface area (TPSA) is 96.7 Å². The number of hydrogen-bond acceptors (Lipinski definition) is 7. The zero-order valence-corrected chi connectivity index (χ0v) is 26.5. The largest absolute Gasteiger partial charge is 0.371 e. The lowest BCUT2D eigenvalue weighted by molar-refractivity contribution is -0.0571. The Kier molecular flexibility index (Phi) is 15.4. The molecule has 8 nitrogen and oxygen atoms in total. The standard InChI is InChI=1S/C19H25N7.C6H11F2N.C3H6F2.C2H6/c1-6-11(2)12(3)22-15-7-8-16(23-13(15)4)14-9-10-26-17(14)18(21-5)24-19(20)25-26;1-9-4-2-3-6(7,8)5-9;1-3(5)2-4;1-2/h7-11H,6H2,1-5H3,(H3,20,21,24,25);2-5H2,1H3;3H,2H2,1H3;1-2H3. The van der Waals surface area contributed by atoms with Crippen molar-refractivity contribution in [2.75, 3.05) is 44.9 Å². The van der Waals surface area contributed by atoms with E-state index in [1.807, 2.05) is 52.2 Å². The molecule has 2 atom stereocenters. The molecule has 236 valence electrons. The van der Waals surface area contributed by atoms with Crippen molar-refractivity contribution in [3.05, 3.63) is 30.1 Å². The van der Waals surface area contributed by atoms with Gasteiger partial charge in [0.25, 0.3) is 5.92 Å². The molecule has 1 aliphatic heterocycles. The van der Waals surface area contributed by atoms with Crippen LogP contribution in [0.5, 0.6) is 0 Å². The van der Waals surface area contributed by atoms with Gasteiger partial charge in [0.2, 0.25) is 5.95 Å². The van der Waals surface area contributed by atoms with E-state index in [4.69, 9.17) is 15.7 Å². The van der Waals surface area contributed by atoms with Crippen molar-refractivity contribution in [3.63, 3.8) is 0 Å². The smallest absolute Gasteiger partial charge is 0.260 e. The fourth-order valence-electron chi connectivity index (χ4n) is 4.00. The maximum absolute atomic E-state index is 12.4. The third-order valence-corrected chi connectivity index (χ3v) is 6.52. The molecule has 2 unspecified atom stereocenters. The molecule has 1 fully saturated rings. The molecule has 0 saturated carbocycles. The number of aromatic nitrogens is 4. The fraction of sp³-hybridized carbons (Fsp3) is 0.600. The number of aryl methyl sites for hydroxylation is 1. The highest BCUT2D eigenvalue weighted by molar-refractivity contribution is 5.89. The van der Waals surface area contributed by atoms with Crippen LogP contribution in [0.2, 0.25) is 0 Å². The normalized spacial score (nSPS) is 16.2. The Balaban J connectivity index is 0.000000453. The Labute approximate surface area is 247 Å². The van der Waals surface area contributed by atoms with Crippen LogP contribution in [-0.4, -0.2) is 76.1 Å². The Hall–Kier alpha value is -3.28. The van der Waals surface area contributed by atoms with Gasteiger partial charge in [0.05, 0.1) is 23.6 Å². The maximum atomic E-state index is 12.4. The number of rotatable bonds is 6. The predicted octanol–water partition coefficient (Wildman–Crippen LogP) is 7.55. The fourth-order valence-corrected chi connectivity index (χ4v) is 4.00. The van der Waals surface area contributed by atoms with Crippen LogP contribution in [-0.2, 0) is 0 Å². The molecule has 12 heteroatoms. The van der Waals surface area contributed by atoms with Crippen molar-refractivity contribution in [2.24, 2.45) is 10.9 Å². The maximum Gasteiger partial charge on any atom is 0.260 e. The first-order valence-electron chi connectivity index (χ1n) is 14.4. The number of anilines is 2. The summed E-state index contributed by atoms with van der Waals surface area (Å²) in [4.78, 5) is 15.5. The third kappa shape index (κ3) is 11.2. The lowest BCUT2D eigenvalue weighted by Gasteiger charge is -2.28. The lowest BCUT2D eigenvalue weighted by atomic mass is 10.0. The van der Waals surface area contributed by atoms with Crippen LogP contribution in [0.1, 0.15) is 66.5 Å². The molecule has 0 aromatic carbocycles. The monoisotopic (exact) mass is 596 g/mol. The van der Waals surface area contributed by atoms with Crippen molar-refractivity contribution in [1.29, 1.82) is 0 Å². The molecular weight excluding hydrogens is 548 g/mol. The second-order valence-corrected chi connectivity index (χ2v) is 10.1. The van der Waals surface area contributed by atoms with Gasteiger partial charge < -0.3 is 16.0 Å². The van der Waals surface area contributed by atoms with E-state index in [0.717, 1.165) is 46.8 Å². The van der Waals surface area contributed by atoms with Crippen molar-refractivity contribution < 1.29 is 17.6 Å². The second-order valence-electron chi connectivity index (χ2n) is 10.1. The van der Waals surface area contributed by atoms with Crippen LogP contribution < -0.4 is 11.1 Å². The summed E-state index contributed by atoms with van der Waals surface area (Å²) < 4.78 is 48.3. The summed E-state index contributed by atoms with van der Waals surface area (Å²) in [5.74, 6) is -1.07. The predicted molar refractivity (Wildman–Crippen MR) is 167 cm³/mol. The van der Waals surface area contributed by atoms with E-state index < -0.39 is 18.8 Å². The second kappa shape index (κ2) is 17.6. The van der Waals surface area contributed by atoms with Gasteiger partial charge in [0.1, 0.15) is 18.4 Å². The third-order valence-electron chi connectivity index (χ3n) is 6.52. The molecule has 4 heterocycles. The molecule has 3 aromatic rings. The van der Waals surface area contributed by atoms with Gasteiger partial charge in [-0.25, -0.2) is 22.1 Å². The number of nitrogens with zero attached hydrogens (tertiary/aromatic N) is 6. The Morgan fingerprint density at radius 1 is 1.19 bits per heavy atom. The molecule has 3 aromatic heterocycles. The van der Waals surface area contributed by atoms with Gasteiger partial charge in [-0.15, -0.1) is 5.10 Å². The van der Waals surface area contributed by atoms with Gasteiger partial charge in [-0.3, -0.25) is 9.98 Å².